The Morgan fingerprint density at radius 3 is 0.648 bits per heavy atom. The Morgan fingerprint density at radius 1 is 0.257 bits per heavy atom. The Kier molecular flexibility index (Phi) is 74.7. The van der Waals surface area contributed by atoms with Gasteiger partial charge in [-0.05, 0) is 43.4 Å². The van der Waals surface area contributed by atoms with E-state index in [2.05, 4.69) is 48.5 Å². The van der Waals surface area contributed by atoms with E-state index in [0.717, 1.165) is 108 Å². The van der Waals surface area contributed by atoms with E-state index in [4.69, 9.17) is 37.0 Å². The fourth-order valence-corrected chi connectivity index (χ4v) is 14.9. The second-order valence-corrected chi connectivity index (χ2v) is 35.3. The van der Waals surface area contributed by atoms with Crippen LogP contribution >= 0.6 is 15.6 Å². The molecule has 2 unspecified atom stereocenters. The van der Waals surface area contributed by atoms with E-state index in [1.165, 1.54) is 257 Å². The lowest BCUT2D eigenvalue weighted by Gasteiger charge is -2.21. The summed E-state index contributed by atoms with van der Waals surface area (Å²) in [5, 5.41) is 10.7. The molecule has 3 N–H and O–H groups in total. The van der Waals surface area contributed by atoms with Crippen LogP contribution in [0.2, 0.25) is 0 Å². The van der Waals surface area contributed by atoms with Crippen molar-refractivity contribution in [3.05, 3.63) is 0 Å². The molecule has 0 saturated heterocycles. The molecule has 0 radical (unpaired) electrons. The molecular formula is C86H168O17P2. The predicted octanol–water partition coefficient (Wildman–Crippen LogP) is 26.1. The summed E-state index contributed by atoms with van der Waals surface area (Å²) >= 11 is 0. The summed E-state index contributed by atoms with van der Waals surface area (Å²) in [6.07, 6.45) is 66.7. The standard InChI is InChI=1S/C86H168O17P2/c1-8-9-10-11-12-13-14-15-16-17-25-30-35-40-47-55-62-70-86(91)103-82(74-97-84(89)68-61-54-49-42-45-52-59-66-79(6)7)76-101-105(94,95)99-72-80(87)71-98-104(92,93)100-75-81(102-85(90)69-63-56-48-41-36-31-26-21-19-23-28-33-38-44-51-58-65-78(4)5)73-96-83(88)67-60-53-46-39-34-29-24-20-18-22-27-32-37-43-50-57-64-77(2)3/h77-82,87H,8-76H2,1-7H3,(H,92,93)(H,94,95)/t80-,81-,82-/m1/s1. The smallest absolute Gasteiger partial charge is 0.462 e. The summed E-state index contributed by atoms with van der Waals surface area (Å²) in [6, 6.07) is 0. The zero-order valence-corrected chi connectivity index (χ0v) is 71.0. The van der Waals surface area contributed by atoms with Gasteiger partial charge in [0.2, 0.25) is 0 Å². The molecule has 0 aliphatic rings. The van der Waals surface area contributed by atoms with Gasteiger partial charge >= 0.3 is 39.5 Å². The molecule has 0 rings (SSSR count). The molecule has 19 heteroatoms. The number of rotatable bonds is 84. The zero-order chi connectivity index (χ0) is 77.2. The third-order valence-corrected chi connectivity index (χ3v) is 22.0. The van der Waals surface area contributed by atoms with Gasteiger partial charge in [-0.2, -0.15) is 0 Å². The quantitative estimate of drug-likeness (QED) is 0.0222. The molecule has 0 aliphatic heterocycles. The zero-order valence-electron chi connectivity index (χ0n) is 69.2. The number of unbranched alkanes of at least 4 members (excludes halogenated alkanes) is 52. The van der Waals surface area contributed by atoms with Crippen LogP contribution in [0.5, 0.6) is 0 Å². The monoisotopic (exact) mass is 1540 g/mol. The number of aliphatic hydroxyl groups excluding tert-OH is 1. The fourth-order valence-electron chi connectivity index (χ4n) is 13.4. The van der Waals surface area contributed by atoms with Gasteiger partial charge in [-0.15, -0.1) is 0 Å². The van der Waals surface area contributed by atoms with Gasteiger partial charge in [0, 0.05) is 25.7 Å². The topological polar surface area (TPSA) is 237 Å². The van der Waals surface area contributed by atoms with Crippen molar-refractivity contribution in [2.45, 2.75) is 471 Å². The van der Waals surface area contributed by atoms with Crippen molar-refractivity contribution in [3.8, 4) is 0 Å². The van der Waals surface area contributed by atoms with Crippen LogP contribution in [0.3, 0.4) is 0 Å². The molecule has 0 amide bonds. The molecular weight excluding hydrogens is 1370 g/mol. The normalized spacial score (nSPS) is 13.9. The van der Waals surface area contributed by atoms with E-state index in [-0.39, 0.29) is 25.7 Å². The SMILES string of the molecule is CCCCCCCCCCCCCCCCCCCC(=O)O[C@H](COC(=O)CCCCCCCCCC(C)C)COP(=O)(O)OC[C@H](O)COP(=O)(O)OC[C@@H](COC(=O)CCCCCCCCCCCCCCCCCCC(C)C)OC(=O)CCCCCCCCCCCCCCCCCCC(C)C. The summed E-state index contributed by atoms with van der Waals surface area (Å²) in [5.41, 5.74) is 0. The number of hydrogen-bond acceptors (Lipinski definition) is 15. The van der Waals surface area contributed by atoms with E-state index in [0.29, 0.717) is 31.6 Å². The number of esters is 4. The summed E-state index contributed by atoms with van der Waals surface area (Å²) in [4.78, 5) is 73.2. The average Bonchev–Trinajstić information content (AvgIpc) is 0.910. The minimum Gasteiger partial charge on any atom is -0.462 e. The molecule has 624 valence electrons. The van der Waals surface area contributed by atoms with Gasteiger partial charge in [-0.3, -0.25) is 37.3 Å². The Morgan fingerprint density at radius 2 is 0.438 bits per heavy atom. The van der Waals surface area contributed by atoms with Crippen LogP contribution in [0, 0.1) is 17.8 Å². The fraction of sp³-hybridized carbons (Fsp3) is 0.953. The molecule has 0 spiro atoms. The number of hydrogen-bond donors (Lipinski definition) is 3. The summed E-state index contributed by atoms with van der Waals surface area (Å²) < 4.78 is 68.9. The molecule has 0 aromatic rings. The maximum absolute atomic E-state index is 13.1. The van der Waals surface area contributed by atoms with Crippen LogP contribution in [-0.2, 0) is 65.4 Å². The number of phosphoric acid groups is 2. The number of carbonyl (C=O) groups is 4. The first-order chi connectivity index (χ1) is 50.7. The highest BCUT2D eigenvalue weighted by atomic mass is 31.2. The van der Waals surface area contributed by atoms with E-state index in [1.807, 2.05) is 0 Å². The second kappa shape index (κ2) is 76.1. The lowest BCUT2D eigenvalue weighted by Crippen LogP contribution is -2.30. The molecule has 0 bridgehead atoms. The van der Waals surface area contributed by atoms with Gasteiger partial charge in [0.05, 0.1) is 26.4 Å². The molecule has 0 aromatic carbocycles. The van der Waals surface area contributed by atoms with Gasteiger partial charge in [-0.25, -0.2) is 9.13 Å². The number of ether oxygens (including phenoxy) is 4. The summed E-state index contributed by atoms with van der Waals surface area (Å²) in [7, 11) is -9.93. The second-order valence-electron chi connectivity index (χ2n) is 32.4. The first kappa shape index (κ1) is 103. The van der Waals surface area contributed by atoms with Gasteiger partial charge in [0.1, 0.15) is 19.3 Å². The highest BCUT2D eigenvalue weighted by molar-refractivity contribution is 7.47. The van der Waals surface area contributed by atoms with Crippen LogP contribution < -0.4 is 0 Å². The Labute approximate surface area is 645 Å². The van der Waals surface area contributed by atoms with Gasteiger partial charge < -0.3 is 33.8 Å². The van der Waals surface area contributed by atoms with Gasteiger partial charge in [-0.1, -0.05) is 402 Å². The third kappa shape index (κ3) is 79.9. The Bertz CT molecular complexity index is 2030. The summed E-state index contributed by atoms with van der Waals surface area (Å²) in [6.45, 7) is 12.0. The van der Waals surface area contributed by atoms with E-state index >= 15 is 0 Å². The lowest BCUT2D eigenvalue weighted by atomic mass is 10.0. The molecule has 0 aromatic heterocycles. The van der Waals surface area contributed by atoms with Gasteiger partial charge in [0.15, 0.2) is 12.2 Å². The molecule has 5 atom stereocenters. The minimum atomic E-state index is -4.97. The highest BCUT2D eigenvalue weighted by Crippen LogP contribution is 2.45. The van der Waals surface area contributed by atoms with Crippen LogP contribution in [0.15, 0.2) is 0 Å². The minimum absolute atomic E-state index is 0.108. The average molecular weight is 1540 g/mol. The van der Waals surface area contributed by atoms with E-state index in [9.17, 15) is 43.2 Å². The van der Waals surface area contributed by atoms with Crippen LogP contribution in [0.1, 0.15) is 453 Å². The number of phosphoric ester groups is 2. The maximum Gasteiger partial charge on any atom is 0.472 e. The van der Waals surface area contributed by atoms with E-state index < -0.39 is 97.5 Å². The van der Waals surface area contributed by atoms with Crippen molar-refractivity contribution in [2.75, 3.05) is 39.6 Å². The molecule has 17 nitrogen and oxygen atoms in total. The van der Waals surface area contributed by atoms with Crippen molar-refractivity contribution < 1.29 is 80.2 Å². The van der Waals surface area contributed by atoms with Crippen molar-refractivity contribution in [3.63, 3.8) is 0 Å². The maximum atomic E-state index is 13.1. The van der Waals surface area contributed by atoms with Gasteiger partial charge in [0.25, 0.3) is 0 Å². The first-order valence-corrected chi connectivity index (χ1v) is 47.3. The van der Waals surface area contributed by atoms with E-state index in [1.54, 1.807) is 0 Å². The van der Waals surface area contributed by atoms with Crippen LogP contribution in [0.4, 0.5) is 0 Å². The Hall–Kier alpha value is -1.94. The van der Waals surface area contributed by atoms with Crippen molar-refractivity contribution in [1.82, 2.24) is 0 Å². The molecule has 105 heavy (non-hydrogen) atoms. The third-order valence-electron chi connectivity index (χ3n) is 20.1. The highest BCUT2D eigenvalue weighted by Gasteiger charge is 2.30. The first-order valence-electron chi connectivity index (χ1n) is 44.3. The number of aliphatic hydroxyl groups is 1. The lowest BCUT2D eigenvalue weighted by molar-refractivity contribution is -0.161. The number of carbonyl (C=O) groups excluding carboxylic acids is 4. The van der Waals surface area contributed by atoms with Crippen LogP contribution in [0.25, 0.3) is 0 Å². The van der Waals surface area contributed by atoms with Crippen molar-refractivity contribution in [2.24, 2.45) is 17.8 Å². The van der Waals surface area contributed by atoms with Crippen molar-refractivity contribution >= 4 is 39.5 Å². The molecule has 0 fully saturated rings. The largest absolute Gasteiger partial charge is 0.472 e. The van der Waals surface area contributed by atoms with Crippen LogP contribution in [-0.4, -0.2) is 96.7 Å². The Balaban J connectivity index is 5.23. The molecule has 0 saturated carbocycles. The molecule has 0 heterocycles. The summed E-state index contributed by atoms with van der Waals surface area (Å²) in [5.74, 6) is 0.222. The predicted molar refractivity (Wildman–Crippen MR) is 432 cm³/mol. The molecule has 0 aliphatic carbocycles. The van der Waals surface area contributed by atoms with Crippen molar-refractivity contribution in [1.29, 1.82) is 0 Å².